The van der Waals surface area contributed by atoms with Crippen molar-refractivity contribution in [2.75, 3.05) is 0 Å². The number of hydrogen-bond acceptors (Lipinski definition) is 4. The summed E-state index contributed by atoms with van der Waals surface area (Å²) in [5.74, 6) is 1.69. The van der Waals surface area contributed by atoms with Crippen LogP contribution in [-0.2, 0) is 11.3 Å². The Morgan fingerprint density at radius 3 is 2.89 bits per heavy atom. The molecule has 3 saturated carbocycles. The van der Waals surface area contributed by atoms with Crippen LogP contribution in [0.1, 0.15) is 41.8 Å². The molecule has 6 rings (SSSR count). The second-order valence-corrected chi connectivity index (χ2v) is 7.82. The normalized spacial score (nSPS) is 31.1. The van der Waals surface area contributed by atoms with Gasteiger partial charge in [-0.05, 0) is 49.4 Å². The van der Waals surface area contributed by atoms with Crippen LogP contribution in [-0.4, -0.2) is 17.5 Å². The summed E-state index contributed by atoms with van der Waals surface area (Å²) in [5.41, 5.74) is -0.0936. The molecular formula is C21H22N2O4. The number of fused-ring (bicyclic) bond motifs is 3. The average Bonchev–Trinajstić information content (AvgIpc) is 3.20. The van der Waals surface area contributed by atoms with Gasteiger partial charge in [0, 0.05) is 18.3 Å². The van der Waals surface area contributed by atoms with E-state index >= 15 is 0 Å². The van der Waals surface area contributed by atoms with Crippen LogP contribution in [0.5, 0.6) is 5.75 Å². The predicted molar refractivity (Wildman–Crippen MR) is 96.8 cm³/mol. The molecule has 2 amide bonds. The molecule has 27 heavy (non-hydrogen) atoms. The van der Waals surface area contributed by atoms with E-state index in [9.17, 15) is 9.59 Å². The second-order valence-electron chi connectivity index (χ2n) is 7.82. The minimum Gasteiger partial charge on any atom is -0.467 e. The maximum absolute atomic E-state index is 12.7. The Morgan fingerprint density at radius 1 is 1.22 bits per heavy atom. The highest BCUT2D eigenvalue weighted by Crippen LogP contribution is 2.52. The monoisotopic (exact) mass is 366 g/mol. The largest absolute Gasteiger partial charge is 0.467 e. The molecule has 4 aliphatic rings. The van der Waals surface area contributed by atoms with Crippen LogP contribution in [0.2, 0.25) is 0 Å². The Morgan fingerprint density at radius 2 is 2.11 bits per heavy atom. The van der Waals surface area contributed by atoms with Crippen molar-refractivity contribution < 1.29 is 18.7 Å². The molecule has 0 radical (unpaired) electrons. The van der Waals surface area contributed by atoms with Gasteiger partial charge in [0.15, 0.2) is 5.72 Å². The van der Waals surface area contributed by atoms with Crippen LogP contribution in [0, 0.1) is 17.8 Å². The SMILES string of the molecule is O=C1N[C@@]2(C[C@@H]3CC[C@@H]2C[C@@H]3C(=O)NCc2ccco2)Oc2ccccc21. The Bertz CT molecular complexity index is 878. The fourth-order valence-corrected chi connectivity index (χ4v) is 5.00. The molecule has 6 heteroatoms. The van der Waals surface area contributed by atoms with E-state index in [0.717, 1.165) is 25.0 Å². The van der Waals surface area contributed by atoms with Crippen molar-refractivity contribution in [3.05, 3.63) is 54.0 Å². The van der Waals surface area contributed by atoms with Gasteiger partial charge in [-0.15, -0.1) is 0 Å². The first-order valence-corrected chi connectivity index (χ1v) is 9.55. The molecule has 1 aromatic heterocycles. The zero-order chi connectivity index (χ0) is 18.4. The van der Waals surface area contributed by atoms with E-state index in [-0.39, 0.29) is 29.6 Å². The number of hydrogen-bond donors (Lipinski definition) is 2. The van der Waals surface area contributed by atoms with Gasteiger partial charge in [0.2, 0.25) is 5.91 Å². The highest BCUT2D eigenvalue weighted by atomic mass is 16.5. The van der Waals surface area contributed by atoms with Crippen molar-refractivity contribution in [2.24, 2.45) is 17.8 Å². The molecule has 4 atom stereocenters. The Kier molecular flexibility index (Phi) is 3.74. The second kappa shape index (κ2) is 6.15. The summed E-state index contributed by atoms with van der Waals surface area (Å²) in [6.07, 6.45) is 4.98. The number of para-hydroxylation sites is 1. The number of ether oxygens (including phenoxy) is 1. The van der Waals surface area contributed by atoms with Crippen molar-refractivity contribution >= 4 is 11.8 Å². The van der Waals surface area contributed by atoms with E-state index in [4.69, 9.17) is 9.15 Å². The molecular weight excluding hydrogens is 344 g/mol. The van der Waals surface area contributed by atoms with E-state index in [1.807, 2.05) is 30.3 Å². The third-order valence-electron chi connectivity index (χ3n) is 6.32. The molecule has 1 aromatic carbocycles. The van der Waals surface area contributed by atoms with Gasteiger partial charge < -0.3 is 19.8 Å². The first-order valence-electron chi connectivity index (χ1n) is 9.55. The molecule has 1 spiro atoms. The third kappa shape index (κ3) is 2.71. The van der Waals surface area contributed by atoms with Crippen LogP contribution in [0.25, 0.3) is 0 Å². The van der Waals surface area contributed by atoms with Gasteiger partial charge in [-0.2, -0.15) is 0 Å². The molecule has 6 nitrogen and oxygen atoms in total. The predicted octanol–water partition coefficient (Wildman–Crippen LogP) is 2.85. The Hall–Kier alpha value is -2.76. The summed E-state index contributed by atoms with van der Waals surface area (Å²) in [6.45, 7) is 0.408. The van der Waals surface area contributed by atoms with Crippen LogP contribution >= 0.6 is 0 Å². The van der Waals surface area contributed by atoms with E-state index in [1.165, 1.54) is 0 Å². The van der Waals surface area contributed by atoms with Gasteiger partial charge >= 0.3 is 0 Å². The minimum absolute atomic E-state index is 0.0398. The van der Waals surface area contributed by atoms with Gasteiger partial charge in [0.25, 0.3) is 5.91 Å². The van der Waals surface area contributed by atoms with Crippen molar-refractivity contribution in [2.45, 2.75) is 38.0 Å². The molecule has 2 bridgehead atoms. The van der Waals surface area contributed by atoms with Crippen molar-refractivity contribution in [3.63, 3.8) is 0 Å². The summed E-state index contributed by atoms with van der Waals surface area (Å²) < 4.78 is 11.6. The molecule has 0 unspecified atom stereocenters. The first kappa shape index (κ1) is 16.4. The van der Waals surface area contributed by atoms with Gasteiger partial charge in [-0.25, -0.2) is 0 Å². The average molecular weight is 366 g/mol. The molecule has 3 aliphatic carbocycles. The van der Waals surface area contributed by atoms with E-state index < -0.39 is 5.72 Å². The molecule has 2 heterocycles. The van der Waals surface area contributed by atoms with E-state index in [2.05, 4.69) is 10.6 Å². The maximum atomic E-state index is 12.7. The van der Waals surface area contributed by atoms with Gasteiger partial charge in [0.1, 0.15) is 11.5 Å². The Labute approximate surface area is 157 Å². The lowest BCUT2D eigenvalue weighted by Crippen LogP contribution is -2.66. The molecule has 0 saturated heterocycles. The lowest BCUT2D eigenvalue weighted by atomic mass is 9.60. The third-order valence-corrected chi connectivity index (χ3v) is 6.32. The van der Waals surface area contributed by atoms with E-state index in [1.54, 1.807) is 12.3 Å². The highest BCUT2D eigenvalue weighted by Gasteiger charge is 2.57. The zero-order valence-electron chi connectivity index (χ0n) is 14.9. The molecule has 2 N–H and O–H groups in total. The first-order chi connectivity index (χ1) is 13.1. The van der Waals surface area contributed by atoms with Gasteiger partial charge in [-0.3, -0.25) is 9.59 Å². The smallest absolute Gasteiger partial charge is 0.258 e. The summed E-state index contributed by atoms with van der Waals surface area (Å²) in [4.78, 5) is 25.3. The number of furan rings is 1. The van der Waals surface area contributed by atoms with Crippen LogP contribution in [0.4, 0.5) is 0 Å². The topological polar surface area (TPSA) is 80.6 Å². The summed E-state index contributed by atoms with van der Waals surface area (Å²) in [7, 11) is 0. The molecule has 2 aromatic rings. The number of nitrogens with one attached hydrogen (secondary N) is 2. The van der Waals surface area contributed by atoms with Crippen molar-refractivity contribution in [1.29, 1.82) is 0 Å². The number of amides is 2. The van der Waals surface area contributed by atoms with Gasteiger partial charge in [-0.1, -0.05) is 12.1 Å². The van der Waals surface area contributed by atoms with E-state index in [0.29, 0.717) is 24.3 Å². The fourth-order valence-electron chi connectivity index (χ4n) is 5.00. The maximum Gasteiger partial charge on any atom is 0.258 e. The quantitative estimate of drug-likeness (QED) is 0.875. The van der Waals surface area contributed by atoms with Crippen molar-refractivity contribution in [3.8, 4) is 5.75 Å². The summed E-state index contributed by atoms with van der Waals surface area (Å²) >= 11 is 0. The molecule has 1 aliphatic heterocycles. The van der Waals surface area contributed by atoms with Crippen LogP contribution in [0.3, 0.4) is 0 Å². The molecule has 140 valence electrons. The minimum atomic E-state index is -0.674. The number of benzene rings is 1. The number of carbonyl (C=O) groups excluding carboxylic acids is 2. The standard InChI is InChI=1S/C21H22N2O4/c24-19(22-12-15-4-3-9-26-15)17-10-14-8-7-13(17)11-21(14)23-20(25)16-5-1-2-6-18(16)27-21/h1-6,9,13-14,17H,7-8,10-12H2,(H,22,24)(H,23,25)/t13-,14+,17-,21-/m0/s1. The summed E-state index contributed by atoms with van der Waals surface area (Å²) in [6, 6.07) is 11.0. The number of rotatable bonds is 3. The van der Waals surface area contributed by atoms with Crippen LogP contribution in [0.15, 0.2) is 47.1 Å². The van der Waals surface area contributed by atoms with Crippen molar-refractivity contribution in [1.82, 2.24) is 10.6 Å². The fraction of sp³-hybridized carbons (Fsp3) is 0.429. The highest BCUT2D eigenvalue weighted by molar-refractivity contribution is 5.98. The summed E-state index contributed by atoms with van der Waals surface area (Å²) in [5, 5.41) is 6.12. The zero-order valence-corrected chi connectivity index (χ0v) is 14.9. The Balaban J connectivity index is 1.32. The lowest BCUT2D eigenvalue weighted by Gasteiger charge is -2.55. The van der Waals surface area contributed by atoms with Crippen LogP contribution < -0.4 is 15.4 Å². The van der Waals surface area contributed by atoms with Gasteiger partial charge in [0.05, 0.1) is 18.4 Å². The lowest BCUT2D eigenvalue weighted by molar-refractivity contribution is -0.146. The molecule has 3 fully saturated rings. The number of carbonyl (C=O) groups is 2.